The van der Waals surface area contributed by atoms with E-state index in [0.717, 1.165) is 0 Å². The van der Waals surface area contributed by atoms with Gasteiger partial charge in [0.2, 0.25) is 0 Å². The van der Waals surface area contributed by atoms with Gasteiger partial charge in [-0.1, -0.05) is 22.7 Å². The molecule has 0 aliphatic rings. The lowest BCUT2D eigenvalue weighted by atomic mass is 11.8. The Bertz CT molecular complexity index is 212. The summed E-state index contributed by atoms with van der Waals surface area (Å²) < 4.78 is 1.98. The smallest absolute Gasteiger partial charge is 0.0125 e. The summed E-state index contributed by atoms with van der Waals surface area (Å²) in [5.74, 6) is 1.51. The third-order valence-corrected chi connectivity index (χ3v) is 17.8. The first-order valence-electron chi connectivity index (χ1n) is 4.88. The summed E-state index contributed by atoms with van der Waals surface area (Å²) in [5.41, 5.74) is 0. The van der Waals surface area contributed by atoms with E-state index >= 15 is 0 Å². The summed E-state index contributed by atoms with van der Waals surface area (Å²) in [6.45, 7) is 19.1. The van der Waals surface area contributed by atoms with Gasteiger partial charge in [-0.2, -0.15) is 0 Å². The molecule has 0 fully saturated rings. The van der Waals surface area contributed by atoms with Crippen molar-refractivity contribution in [2.75, 3.05) is 59.2 Å². The zero-order valence-electron chi connectivity index (χ0n) is 11.0. The van der Waals surface area contributed by atoms with Gasteiger partial charge >= 0.3 is 0 Å². The van der Waals surface area contributed by atoms with Crippen molar-refractivity contribution in [1.82, 2.24) is 0 Å². The quantitative estimate of drug-likeness (QED) is 0.658. The van der Waals surface area contributed by atoms with Crippen LogP contribution in [0, 0.1) is 0 Å². The number of rotatable bonds is 4. The molecule has 0 amide bonds. The molecule has 0 heterocycles. The monoisotopic (exact) mass is 270 g/mol. The Morgan fingerprint density at radius 2 is 1.21 bits per heavy atom. The Hall–Kier alpha value is 1.59. The molecule has 0 nitrogen and oxygen atoms in total. The minimum Gasteiger partial charge on any atom is -0.109 e. The Morgan fingerprint density at radius 1 is 0.857 bits per heavy atom. The molecule has 0 aromatic heterocycles. The van der Waals surface area contributed by atoms with E-state index in [1.54, 1.807) is 0 Å². The molecule has 0 saturated carbocycles. The molecular formula is C10H26P4. The first kappa shape index (κ1) is 15.6. The van der Waals surface area contributed by atoms with Crippen molar-refractivity contribution in [3.05, 3.63) is 0 Å². The van der Waals surface area contributed by atoms with Gasteiger partial charge in [-0.05, 0) is 64.0 Å². The molecule has 0 atom stereocenters. The molecule has 0 spiro atoms. The van der Waals surface area contributed by atoms with Crippen molar-refractivity contribution in [2.45, 2.75) is 0 Å². The summed E-state index contributed by atoms with van der Waals surface area (Å²) >= 11 is 0. The van der Waals surface area contributed by atoms with E-state index in [0.29, 0.717) is 0 Å². The van der Waals surface area contributed by atoms with Crippen molar-refractivity contribution in [1.29, 1.82) is 0 Å². The number of hydrogen-bond donors (Lipinski definition) is 0. The first-order valence-corrected chi connectivity index (χ1v) is 14.6. The Morgan fingerprint density at radius 3 is 1.43 bits per heavy atom. The normalized spacial score (nSPS) is 13.1. The second kappa shape index (κ2) is 6.36. The van der Waals surface area contributed by atoms with E-state index in [2.05, 4.69) is 53.3 Å². The predicted octanol–water partition coefficient (Wildman–Crippen LogP) is 4.53. The van der Waals surface area contributed by atoms with Gasteiger partial charge in [-0.15, -0.1) is 7.92 Å². The summed E-state index contributed by atoms with van der Waals surface area (Å²) in [6, 6.07) is 0. The van der Waals surface area contributed by atoms with Crippen LogP contribution in [0.4, 0.5) is 0 Å². The largest absolute Gasteiger partial charge is 0.109 e. The summed E-state index contributed by atoms with van der Waals surface area (Å²) in [6.07, 6.45) is 0. The zero-order chi connectivity index (χ0) is 11.5. The molecule has 0 aliphatic heterocycles. The summed E-state index contributed by atoms with van der Waals surface area (Å²) in [5, 5.41) is 0. The highest BCUT2D eigenvalue weighted by Gasteiger charge is 2.18. The van der Waals surface area contributed by atoms with Gasteiger partial charge in [0.15, 0.2) is 0 Å². The molecule has 0 aromatic rings. The van der Waals surface area contributed by atoms with Gasteiger partial charge in [0.1, 0.15) is 0 Å². The second-order valence-corrected chi connectivity index (χ2v) is 17.6. The molecular weight excluding hydrogens is 244 g/mol. The van der Waals surface area contributed by atoms with Crippen molar-refractivity contribution in [3.8, 4) is 0 Å². The second-order valence-electron chi connectivity index (χ2n) is 4.99. The van der Waals surface area contributed by atoms with Crippen LogP contribution in [0.5, 0.6) is 0 Å². The highest BCUT2D eigenvalue weighted by Crippen LogP contribution is 2.62. The topological polar surface area (TPSA) is 0 Å². The van der Waals surface area contributed by atoms with E-state index in [1.807, 2.05) is 4.78 Å². The van der Waals surface area contributed by atoms with E-state index in [4.69, 9.17) is 0 Å². The standard InChI is InChI=1S/C10H26P4/c1-11(2)9-14(7,8)10(12(3)4)13(5)6/h9H2,1-8H3. The minimum absolute atomic E-state index is 0.183. The molecule has 0 unspecified atom stereocenters. The zero-order valence-corrected chi connectivity index (χ0v) is 14.6. The maximum Gasteiger partial charge on any atom is -0.0125 e. The lowest BCUT2D eigenvalue weighted by Crippen LogP contribution is -1.99. The SMILES string of the molecule is CP(C)CP(C)(C)=C(P(C)C)P(C)C. The van der Waals surface area contributed by atoms with E-state index in [-0.39, 0.29) is 23.8 Å². The fourth-order valence-electron chi connectivity index (χ4n) is 2.25. The average molecular weight is 270 g/mol. The third kappa shape index (κ3) is 5.08. The average Bonchev–Trinajstić information content (AvgIpc) is 1.77. The van der Waals surface area contributed by atoms with E-state index in [9.17, 15) is 0 Å². The van der Waals surface area contributed by atoms with Crippen molar-refractivity contribution < 1.29 is 0 Å². The van der Waals surface area contributed by atoms with Crippen molar-refractivity contribution >= 4 is 35.4 Å². The highest BCUT2D eigenvalue weighted by atomic mass is 31.2. The van der Waals surface area contributed by atoms with Crippen LogP contribution in [0.1, 0.15) is 0 Å². The van der Waals surface area contributed by atoms with Crippen LogP contribution in [0.3, 0.4) is 0 Å². The highest BCUT2D eigenvalue weighted by molar-refractivity contribution is 8.15. The first-order chi connectivity index (χ1) is 6.18. The minimum atomic E-state index is -0.718. The molecule has 0 bridgehead atoms. The van der Waals surface area contributed by atoms with E-state index in [1.165, 1.54) is 5.90 Å². The van der Waals surface area contributed by atoms with Gasteiger partial charge in [0, 0.05) is 0 Å². The van der Waals surface area contributed by atoms with Gasteiger partial charge < -0.3 is 0 Å². The summed E-state index contributed by atoms with van der Waals surface area (Å²) in [4.78, 5) is 0. The Balaban J connectivity index is 5.13. The lowest BCUT2D eigenvalue weighted by Gasteiger charge is -2.30. The Kier molecular flexibility index (Phi) is 7.08. The lowest BCUT2D eigenvalue weighted by molar-refractivity contribution is 1.94. The van der Waals surface area contributed by atoms with E-state index < -0.39 is 6.89 Å². The molecule has 0 rings (SSSR count). The fourth-order valence-corrected chi connectivity index (χ4v) is 21.4. The molecule has 14 heavy (non-hydrogen) atoms. The molecule has 86 valence electrons. The maximum atomic E-state index is 2.56. The van der Waals surface area contributed by atoms with Gasteiger partial charge in [-0.3, -0.25) is 0 Å². The van der Waals surface area contributed by atoms with Crippen LogP contribution in [-0.4, -0.2) is 64.0 Å². The molecule has 0 radical (unpaired) electrons. The maximum absolute atomic E-state index is 2.56. The Labute approximate surface area is 94.9 Å². The molecule has 0 aliphatic carbocycles. The van der Waals surface area contributed by atoms with Crippen LogP contribution in [0.15, 0.2) is 0 Å². The molecule has 0 saturated heterocycles. The van der Waals surface area contributed by atoms with Crippen LogP contribution in [-0.2, 0) is 0 Å². The van der Waals surface area contributed by atoms with Crippen LogP contribution < -0.4 is 0 Å². The van der Waals surface area contributed by atoms with Crippen molar-refractivity contribution in [3.63, 3.8) is 0 Å². The van der Waals surface area contributed by atoms with Crippen molar-refractivity contribution in [2.24, 2.45) is 0 Å². The molecule has 0 aromatic carbocycles. The van der Waals surface area contributed by atoms with Gasteiger partial charge in [0.05, 0.1) is 0 Å². The summed E-state index contributed by atoms with van der Waals surface area (Å²) in [7, 11) is 0.645. The third-order valence-electron chi connectivity index (χ3n) is 1.98. The predicted molar refractivity (Wildman–Crippen MR) is 84.9 cm³/mol. The fraction of sp³-hybridized carbons (Fsp3) is 0.900. The van der Waals surface area contributed by atoms with Gasteiger partial charge in [0.25, 0.3) is 0 Å². The number of hydrogen-bond acceptors (Lipinski definition) is 0. The van der Waals surface area contributed by atoms with Crippen LogP contribution in [0.2, 0.25) is 0 Å². The van der Waals surface area contributed by atoms with Gasteiger partial charge in [-0.25, -0.2) is 0 Å². The van der Waals surface area contributed by atoms with Crippen LogP contribution >= 0.6 is 30.7 Å². The van der Waals surface area contributed by atoms with Crippen LogP contribution in [0.25, 0.3) is 0 Å². The molecule has 0 N–H and O–H groups in total. The molecule has 4 heteroatoms.